The van der Waals surface area contributed by atoms with Crippen LogP contribution in [0.1, 0.15) is 34.1 Å². The highest BCUT2D eigenvalue weighted by Crippen LogP contribution is 2.07. The largest absolute Gasteiger partial charge is 0.468 e. The van der Waals surface area contributed by atoms with Crippen LogP contribution in [0.2, 0.25) is 0 Å². The van der Waals surface area contributed by atoms with E-state index in [1.807, 2.05) is 20.8 Å². The minimum absolute atomic E-state index is 0.244. The van der Waals surface area contributed by atoms with Crippen LogP contribution in [-0.4, -0.2) is 30.7 Å². The lowest BCUT2D eigenvalue weighted by Crippen LogP contribution is -2.27. The van der Waals surface area contributed by atoms with Gasteiger partial charge in [0, 0.05) is 0 Å². The molecule has 0 saturated carbocycles. The lowest BCUT2D eigenvalue weighted by Gasteiger charge is -2.18. The van der Waals surface area contributed by atoms with Crippen LogP contribution in [0.4, 0.5) is 0 Å². The Hall–Kier alpha value is -1.56. The molecule has 0 aliphatic carbocycles. The van der Waals surface area contributed by atoms with Gasteiger partial charge in [-0.05, 0) is 33.9 Å². The summed E-state index contributed by atoms with van der Waals surface area (Å²) in [4.78, 5) is 21.1. The number of hydrogen-bond acceptors (Lipinski definition) is 6. The molecule has 0 bridgehead atoms. The third-order valence-electron chi connectivity index (χ3n) is 1.41. The minimum atomic E-state index is -0.495. The van der Waals surface area contributed by atoms with Crippen LogP contribution in [0.3, 0.4) is 0 Å². The molecule has 4 N–H and O–H groups in total. The maximum atomic E-state index is 10.9. The third kappa shape index (κ3) is 14.4. The molecule has 0 saturated heterocycles. The van der Waals surface area contributed by atoms with E-state index in [-0.39, 0.29) is 18.4 Å². The molecule has 0 fully saturated rings. The number of nitrogens with two attached hydrogens (primary N) is 2. The molecular formula is C12H24N2O4. The molecule has 0 aliphatic heterocycles. The van der Waals surface area contributed by atoms with E-state index in [1.54, 1.807) is 13.0 Å². The zero-order chi connectivity index (χ0) is 14.8. The van der Waals surface area contributed by atoms with Gasteiger partial charge in [0.1, 0.15) is 11.6 Å². The second-order valence-corrected chi connectivity index (χ2v) is 4.53. The number of rotatable bonds is 3. The number of hydrogen-bond donors (Lipinski definition) is 2. The van der Waals surface area contributed by atoms with Crippen LogP contribution < -0.4 is 11.5 Å². The van der Waals surface area contributed by atoms with Crippen molar-refractivity contribution in [3.63, 3.8) is 0 Å². The molecule has 0 aliphatic rings. The molecule has 6 heteroatoms. The van der Waals surface area contributed by atoms with Gasteiger partial charge in [-0.1, -0.05) is 6.08 Å². The van der Waals surface area contributed by atoms with E-state index < -0.39 is 11.6 Å². The van der Waals surface area contributed by atoms with Crippen molar-refractivity contribution in [3.05, 3.63) is 12.3 Å². The first kappa shape index (κ1) is 18.8. The minimum Gasteiger partial charge on any atom is -0.468 e. The molecule has 1 atom stereocenters. The Labute approximate surface area is 108 Å². The van der Waals surface area contributed by atoms with E-state index in [1.165, 1.54) is 13.3 Å². The monoisotopic (exact) mass is 260 g/mol. The number of esters is 2. The molecule has 0 radical (unpaired) electrons. The molecule has 18 heavy (non-hydrogen) atoms. The first-order valence-corrected chi connectivity index (χ1v) is 5.56. The summed E-state index contributed by atoms with van der Waals surface area (Å²) in [5.41, 5.74) is 9.72. The fourth-order valence-corrected chi connectivity index (χ4v) is 0.733. The van der Waals surface area contributed by atoms with Crippen LogP contribution in [0.5, 0.6) is 0 Å². The topological polar surface area (TPSA) is 105 Å². The van der Waals surface area contributed by atoms with Crippen molar-refractivity contribution < 1.29 is 19.1 Å². The summed E-state index contributed by atoms with van der Waals surface area (Å²) in [6.07, 6.45) is 3.14. The highest BCUT2D eigenvalue weighted by atomic mass is 16.6. The Morgan fingerprint density at radius 2 is 1.83 bits per heavy atom. The van der Waals surface area contributed by atoms with Crippen LogP contribution in [0.25, 0.3) is 0 Å². The van der Waals surface area contributed by atoms with E-state index in [4.69, 9.17) is 16.2 Å². The first-order valence-electron chi connectivity index (χ1n) is 5.56. The summed E-state index contributed by atoms with van der Waals surface area (Å²) >= 11 is 0. The molecule has 6 nitrogen and oxygen atoms in total. The molecule has 0 aromatic rings. The van der Waals surface area contributed by atoms with Crippen LogP contribution >= 0.6 is 0 Å². The van der Waals surface area contributed by atoms with E-state index in [2.05, 4.69) is 4.74 Å². The number of ether oxygens (including phenoxy) is 2. The molecule has 0 unspecified atom stereocenters. The Bertz CT molecular complexity index is 280. The van der Waals surface area contributed by atoms with Gasteiger partial charge in [-0.3, -0.25) is 9.59 Å². The Morgan fingerprint density at radius 1 is 1.33 bits per heavy atom. The zero-order valence-electron chi connectivity index (χ0n) is 11.7. The van der Waals surface area contributed by atoms with Gasteiger partial charge >= 0.3 is 11.9 Å². The summed E-state index contributed by atoms with van der Waals surface area (Å²) in [6.45, 7) is 7.07. The predicted molar refractivity (Wildman–Crippen MR) is 69.5 cm³/mol. The predicted octanol–water partition coefficient (Wildman–Crippen LogP) is 0.697. The van der Waals surface area contributed by atoms with Gasteiger partial charge in [-0.15, -0.1) is 0 Å². The van der Waals surface area contributed by atoms with Crippen LogP contribution in [0, 0.1) is 0 Å². The molecule has 0 rings (SSSR count). The second kappa shape index (κ2) is 9.47. The number of carbonyl (C=O) groups excluding carboxylic acids is 2. The van der Waals surface area contributed by atoms with Crippen LogP contribution in [0.15, 0.2) is 12.3 Å². The normalized spacial score (nSPS) is 12.3. The molecule has 106 valence electrons. The smallest absolute Gasteiger partial charge is 0.322 e. The zero-order valence-corrected chi connectivity index (χ0v) is 11.7. The van der Waals surface area contributed by atoms with Gasteiger partial charge in [0.05, 0.1) is 13.5 Å². The average Bonchev–Trinajstić information content (AvgIpc) is 2.23. The van der Waals surface area contributed by atoms with Crippen molar-refractivity contribution in [2.24, 2.45) is 11.5 Å². The van der Waals surface area contributed by atoms with Crippen molar-refractivity contribution in [2.45, 2.75) is 45.8 Å². The van der Waals surface area contributed by atoms with Gasteiger partial charge in [0.15, 0.2) is 0 Å². The summed E-state index contributed by atoms with van der Waals surface area (Å²) in [6, 6.07) is -0.495. The quantitative estimate of drug-likeness (QED) is 0.724. The summed E-state index contributed by atoms with van der Waals surface area (Å²) < 4.78 is 9.24. The Balaban J connectivity index is 0. The average molecular weight is 260 g/mol. The Kier molecular flexibility index (Phi) is 9.89. The van der Waals surface area contributed by atoms with E-state index in [0.29, 0.717) is 0 Å². The highest BCUT2D eigenvalue weighted by molar-refractivity contribution is 5.74. The Morgan fingerprint density at radius 3 is 2.06 bits per heavy atom. The van der Waals surface area contributed by atoms with Crippen molar-refractivity contribution in [2.75, 3.05) is 7.11 Å². The van der Waals surface area contributed by atoms with Gasteiger partial charge in [-0.25, -0.2) is 0 Å². The standard InChI is InChI=1S/C8H15NO2.C4H9NO2/c1-8(2,3)11-7(10)5-4-6-9;1-3(5)4(6)7-2/h4,6H,5,9H2,1-3H3;3H,5H2,1-2H3/t;3-/m.1/s1. The fraction of sp³-hybridized carbons (Fsp3) is 0.667. The molecule has 0 amide bonds. The summed E-state index contributed by atoms with van der Waals surface area (Å²) in [7, 11) is 1.31. The van der Waals surface area contributed by atoms with Gasteiger partial charge in [0.2, 0.25) is 0 Å². The van der Waals surface area contributed by atoms with Crippen molar-refractivity contribution in [1.29, 1.82) is 0 Å². The molecular weight excluding hydrogens is 236 g/mol. The van der Waals surface area contributed by atoms with E-state index >= 15 is 0 Å². The summed E-state index contributed by atoms with van der Waals surface area (Å²) in [5.74, 6) is -0.626. The van der Waals surface area contributed by atoms with Gasteiger partial charge in [-0.2, -0.15) is 0 Å². The lowest BCUT2D eigenvalue weighted by atomic mass is 10.2. The SMILES string of the molecule is CC(C)(C)OC(=O)CC=CN.COC(=O)[C@@H](C)N. The second-order valence-electron chi connectivity index (χ2n) is 4.53. The van der Waals surface area contributed by atoms with Crippen molar-refractivity contribution >= 4 is 11.9 Å². The van der Waals surface area contributed by atoms with Gasteiger partial charge < -0.3 is 20.9 Å². The fourth-order valence-electron chi connectivity index (χ4n) is 0.733. The highest BCUT2D eigenvalue weighted by Gasteiger charge is 2.14. The van der Waals surface area contributed by atoms with Gasteiger partial charge in [0.25, 0.3) is 0 Å². The van der Waals surface area contributed by atoms with Crippen LogP contribution in [-0.2, 0) is 19.1 Å². The third-order valence-corrected chi connectivity index (χ3v) is 1.41. The molecule has 0 aromatic carbocycles. The number of methoxy groups -OCH3 is 1. The number of carbonyl (C=O) groups is 2. The summed E-state index contributed by atoms with van der Waals surface area (Å²) in [5, 5.41) is 0. The molecule has 0 aromatic heterocycles. The maximum absolute atomic E-state index is 10.9. The first-order chi connectivity index (χ1) is 8.14. The van der Waals surface area contributed by atoms with E-state index in [9.17, 15) is 9.59 Å². The molecule has 0 spiro atoms. The van der Waals surface area contributed by atoms with E-state index in [0.717, 1.165) is 0 Å². The molecule has 0 heterocycles. The van der Waals surface area contributed by atoms with Crippen molar-refractivity contribution in [1.82, 2.24) is 0 Å². The lowest BCUT2D eigenvalue weighted by molar-refractivity contribution is -0.153. The van der Waals surface area contributed by atoms with Crippen molar-refractivity contribution in [3.8, 4) is 0 Å². The maximum Gasteiger partial charge on any atom is 0.322 e.